The number of benzene rings is 1. The maximum atomic E-state index is 5.76. The molecule has 0 aliphatic heterocycles. The van der Waals surface area contributed by atoms with Crippen LogP contribution < -0.4 is 10.5 Å². The van der Waals surface area contributed by atoms with E-state index in [1.165, 1.54) is 11.1 Å². The molecule has 2 aromatic rings. The summed E-state index contributed by atoms with van der Waals surface area (Å²) in [5, 5.41) is 0. The second-order valence-electron chi connectivity index (χ2n) is 4.36. The van der Waals surface area contributed by atoms with Crippen molar-refractivity contribution in [2.24, 2.45) is 0 Å². The summed E-state index contributed by atoms with van der Waals surface area (Å²) in [6.45, 7) is 5.95. The highest BCUT2D eigenvalue weighted by atomic mass is 16.5. The summed E-state index contributed by atoms with van der Waals surface area (Å²) in [5.41, 5.74) is 9.88. The predicted molar refractivity (Wildman–Crippen MR) is 72.6 cm³/mol. The fourth-order valence-corrected chi connectivity index (χ4v) is 1.89. The summed E-state index contributed by atoms with van der Waals surface area (Å²) in [6.07, 6.45) is 0. The number of methoxy groups -OCH3 is 1. The largest absolute Gasteiger partial charge is 0.496 e. The van der Waals surface area contributed by atoms with E-state index in [-0.39, 0.29) is 0 Å². The molecule has 2 rings (SSSR count). The van der Waals surface area contributed by atoms with Gasteiger partial charge in [-0.1, -0.05) is 0 Å². The lowest BCUT2D eigenvalue weighted by Crippen LogP contribution is -1.99. The van der Waals surface area contributed by atoms with Crippen molar-refractivity contribution in [3.8, 4) is 17.0 Å². The molecule has 4 heteroatoms. The van der Waals surface area contributed by atoms with Gasteiger partial charge < -0.3 is 10.5 Å². The number of nitrogen functional groups attached to an aromatic ring is 1. The highest BCUT2D eigenvalue weighted by molar-refractivity contribution is 5.70. The van der Waals surface area contributed by atoms with Crippen LogP contribution in [-0.4, -0.2) is 17.1 Å². The number of nitrogens with zero attached hydrogens (tertiary/aromatic N) is 2. The minimum Gasteiger partial charge on any atom is -0.496 e. The van der Waals surface area contributed by atoms with Crippen LogP contribution in [0.3, 0.4) is 0 Å². The van der Waals surface area contributed by atoms with Gasteiger partial charge in [-0.2, -0.15) is 0 Å². The Hall–Kier alpha value is -2.10. The molecule has 0 saturated heterocycles. The molecule has 4 nitrogen and oxygen atoms in total. The van der Waals surface area contributed by atoms with Crippen molar-refractivity contribution in [3.63, 3.8) is 0 Å². The van der Waals surface area contributed by atoms with Gasteiger partial charge in [0.2, 0.25) is 0 Å². The molecule has 0 amide bonds. The Morgan fingerprint density at radius 1 is 1.00 bits per heavy atom. The topological polar surface area (TPSA) is 61.0 Å². The molecular formula is C14H17N3O. The number of rotatable bonds is 2. The molecule has 0 bridgehead atoms. The third kappa shape index (κ3) is 2.27. The molecular weight excluding hydrogens is 226 g/mol. The van der Waals surface area contributed by atoms with Gasteiger partial charge in [0, 0.05) is 11.6 Å². The van der Waals surface area contributed by atoms with Crippen molar-refractivity contribution >= 4 is 5.82 Å². The van der Waals surface area contributed by atoms with E-state index < -0.39 is 0 Å². The summed E-state index contributed by atoms with van der Waals surface area (Å²) in [4.78, 5) is 8.49. The van der Waals surface area contributed by atoms with Gasteiger partial charge in [0.05, 0.1) is 12.8 Å². The van der Waals surface area contributed by atoms with Crippen LogP contribution in [0.4, 0.5) is 5.82 Å². The molecule has 1 heterocycles. The van der Waals surface area contributed by atoms with Crippen LogP contribution in [0.25, 0.3) is 11.3 Å². The number of nitrogens with two attached hydrogens (primary N) is 1. The van der Waals surface area contributed by atoms with E-state index >= 15 is 0 Å². The van der Waals surface area contributed by atoms with Gasteiger partial charge in [-0.25, -0.2) is 9.97 Å². The lowest BCUT2D eigenvalue weighted by molar-refractivity contribution is 0.416. The average Bonchev–Trinajstić information content (AvgIpc) is 2.30. The van der Waals surface area contributed by atoms with Crippen LogP contribution in [-0.2, 0) is 0 Å². The zero-order valence-corrected chi connectivity index (χ0v) is 11.1. The fraction of sp³-hybridized carbons (Fsp3) is 0.286. The second kappa shape index (κ2) is 4.64. The zero-order valence-electron chi connectivity index (χ0n) is 11.1. The summed E-state index contributed by atoms with van der Waals surface area (Å²) >= 11 is 0. The van der Waals surface area contributed by atoms with E-state index in [2.05, 4.69) is 29.9 Å². The van der Waals surface area contributed by atoms with Gasteiger partial charge in [0.25, 0.3) is 0 Å². The first-order valence-corrected chi connectivity index (χ1v) is 5.78. The van der Waals surface area contributed by atoms with Crippen molar-refractivity contribution in [1.29, 1.82) is 0 Å². The van der Waals surface area contributed by atoms with Gasteiger partial charge in [-0.15, -0.1) is 0 Å². The van der Waals surface area contributed by atoms with Crippen molar-refractivity contribution in [1.82, 2.24) is 9.97 Å². The minimum atomic E-state index is 0.470. The number of hydrogen-bond acceptors (Lipinski definition) is 4. The van der Waals surface area contributed by atoms with E-state index in [1.54, 1.807) is 13.2 Å². The summed E-state index contributed by atoms with van der Waals surface area (Å²) in [5.74, 6) is 1.93. The van der Waals surface area contributed by atoms with Crippen LogP contribution in [0.15, 0.2) is 18.2 Å². The Balaban J connectivity index is 2.65. The highest BCUT2D eigenvalue weighted by Gasteiger charge is 2.11. The molecule has 1 aromatic heterocycles. The van der Waals surface area contributed by atoms with Gasteiger partial charge >= 0.3 is 0 Å². The van der Waals surface area contributed by atoms with Crippen molar-refractivity contribution < 1.29 is 4.74 Å². The lowest BCUT2D eigenvalue weighted by Gasteiger charge is -2.12. The number of aromatic nitrogens is 2. The molecule has 2 N–H and O–H groups in total. The molecule has 0 atom stereocenters. The quantitative estimate of drug-likeness (QED) is 0.880. The molecule has 0 radical (unpaired) electrons. The van der Waals surface area contributed by atoms with E-state index in [1.807, 2.05) is 13.0 Å². The Morgan fingerprint density at radius 2 is 1.67 bits per heavy atom. The van der Waals surface area contributed by atoms with Gasteiger partial charge in [0.15, 0.2) is 0 Å². The SMILES string of the molecule is COc1cc(C)c(C)cc1-c1cc(N)nc(C)n1. The Morgan fingerprint density at radius 3 is 2.28 bits per heavy atom. The third-order valence-electron chi connectivity index (χ3n) is 2.95. The predicted octanol–water partition coefficient (Wildman–Crippen LogP) is 2.66. The smallest absolute Gasteiger partial charge is 0.128 e. The van der Waals surface area contributed by atoms with Gasteiger partial charge in [-0.05, 0) is 44.0 Å². The second-order valence-corrected chi connectivity index (χ2v) is 4.36. The van der Waals surface area contributed by atoms with Gasteiger partial charge in [-0.3, -0.25) is 0 Å². The van der Waals surface area contributed by atoms with E-state index in [0.29, 0.717) is 11.6 Å². The third-order valence-corrected chi connectivity index (χ3v) is 2.95. The molecule has 0 fully saturated rings. The molecule has 0 aliphatic carbocycles. The average molecular weight is 243 g/mol. The number of hydrogen-bond donors (Lipinski definition) is 1. The number of aryl methyl sites for hydroxylation is 3. The Kier molecular flexibility index (Phi) is 3.19. The minimum absolute atomic E-state index is 0.470. The van der Waals surface area contributed by atoms with Crippen LogP contribution in [0.1, 0.15) is 17.0 Å². The maximum Gasteiger partial charge on any atom is 0.128 e. The van der Waals surface area contributed by atoms with Gasteiger partial charge in [0.1, 0.15) is 17.4 Å². The molecule has 0 saturated carbocycles. The molecule has 0 aliphatic rings. The summed E-state index contributed by atoms with van der Waals surface area (Å²) in [6, 6.07) is 5.84. The van der Waals surface area contributed by atoms with E-state index in [9.17, 15) is 0 Å². The van der Waals surface area contributed by atoms with E-state index in [4.69, 9.17) is 10.5 Å². The van der Waals surface area contributed by atoms with Crippen LogP contribution in [0, 0.1) is 20.8 Å². The van der Waals surface area contributed by atoms with Crippen LogP contribution in [0.5, 0.6) is 5.75 Å². The highest BCUT2D eigenvalue weighted by Crippen LogP contribution is 2.31. The van der Waals surface area contributed by atoms with Crippen LogP contribution >= 0.6 is 0 Å². The number of ether oxygens (including phenoxy) is 1. The summed E-state index contributed by atoms with van der Waals surface area (Å²) in [7, 11) is 1.66. The molecule has 0 unspecified atom stereocenters. The Bertz CT molecular complexity index is 574. The van der Waals surface area contributed by atoms with Crippen molar-refractivity contribution in [3.05, 3.63) is 35.2 Å². The van der Waals surface area contributed by atoms with Crippen LogP contribution in [0.2, 0.25) is 0 Å². The molecule has 1 aromatic carbocycles. The number of anilines is 1. The van der Waals surface area contributed by atoms with Crippen molar-refractivity contribution in [2.75, 3.05) is 12.8 Å². The summed E-state index contributed by atoms with van der Waals surface area (Å²) < 4.78 is 5.41. The normalized spacial score (nSPS) is 10.4. The first kappa shape index (κ1) is 12.4. The fourth-order valence-electron chi connectivity index (χ4n) is 1.89. The first-order valence-electron chi connectivity index (χ1n) is 5.78. The maximum absolute atomic E-state index is 5.76. The van der Waals surface area contributed by atoms with E-state index in [0.717, 1.165) is 17.0 Å². The first-order chi connectivity index (χ1) is 8.51. The zero-order chi connectivity index (χ0) is 13.3. The standard InChI is InChI=1S/C14H17N3O/c1-8-5-11(13(18-4)6-9(8)2)12-7-14(15)17-10(3)16-12/h5-7H,1-4H3,(H2,15,16,17). The molecule has 18 heavy (non-hydrogen) atoms. The Labute approximate surface area is 107 Å². The van der Waals surface area contributed by atoms with Crippen molar-refractivity contribution in [2.45, 2.75) is 20.8 Å². The molecule has 0 spiro atoms. The molecule has 94 valence electrons. The monoisotopic (exact) mass is 243 g/mol. The lowest BCUT2D eigenvalue weighted by atomic mass is 10.0.